The number of hydrogen-bond donors (Lipinski definition) is 1. The van der Waals surface area contributed by atoms with Gasteiger partial charge in [0.25, 0.3) is 0 Å². The summed E-state index contributed by atoms with van der Waals surface area (Å²) in [6.45, 7) is 8.02. The van der Waals surface area contributed by atoms with Crippen LogP contribution in [0.5, 0.6) is 5.75 Å². The van der Waals surface area contributed by atoms with Gasteiger partial charge in [0.2, 0.25) is 0 Å². The molecular formula is C16H21ClN2O2. The van der Waals surface area contributed by atoms with Crippen LogP contribution < -0.4 is 10.1 Å². The van der Waals surface area contributed by atoms with Gasteiger partial charge >= 0.3 is 0 Å². The maximum absolute atomic E-state index is 6.28. The molecule has 0 saturated carbocycles. The molecule has 114 valence electrons. The molecule has 1 N–H and O–H groups in total. The Balaban J connectivity index is 2.10. The third-order valence-electron chi connectivity index (χ3n) is 3.36. The Bertz CT molecular complexity index is 576. The van der Waals surface area contributed by atoms with Gasteiger partial charge in [-0.05, 0) is 38.9 Å². The second-order valence-corrected chi connectivity index (χ2v) is 5.39. The van der Waals surface area contributed by atoms with Crippen molar-refractivity contribution in [3.05, 3.63) is 45.8 Å². The summed E-state index contributed by atoms with van der Waals surface area (Å²) >= 11 is 6.28. The smallest absolute Gasteiger partial charge is 0.140 e. The topological polar surface area (TPSA) is 47.3 Å². The Morgan fingerprint density at radius 2 is 2.10 bits per heavy atom. The van der Waals surface area contributed by atoms with Gasteiger partial charge in [-0.1, -0.05) is 29.7 Å². The number of rotatable bonds is 7. The van der Waals surface area contributed by atoms with E-state index in [0.29, 0.717) is 13.2 Å². The first-order valence-electron chi connectivity index (χ1n) is 7.16. The van der Waals surface area contributed by atoms with Crippen molar-refractivity contribution in [2.75, 3.05) is 6.54 Å². The van der Waals surface area contributed by atoms with Gasteiger partial charge in [-0.3, -0.25) is 0 Å². The fourth-order valence-corrected chi connectivity index (χ4v) is 2.33. The SMILES string of the molecule is CCCNCc1c(Cl)cccc1OCc1c(C)noc1C. The normalized spacial score (nSPS) is 10.9. The quantitative estimate of drug-likeness (QED) is 0.785. The molecule has 2 aromatic rings. The molecule has 0 fully saturated rings. The summed E-state index contributed by atoms with van der Waals surface area (Å²) in [6.07, 6.45) is 1.08. The molecule has 0 radical (unpaired) electrons. The van der Waals surface area contributed by atoms with Crippen LogP contribution in [0.15, 0.2) is 22.7 Å². The van der Waals surface area contributed by atoms with E-state index in [1.54, 1.807) is 0 Å². The highest BCUT2D eigenvalue weighted by Gasteiger charge is 2.12. The summed E-state index contributed by atoms with van der Waals surface area (Å²) in [4.78, 5) is 0. The van der Waals surface area contributed by atoms with Crippen LogP contribution in [0.1, 0.15) is 35.9 Å². The molecule has 0 amide bonds. The summed E-state index contributed by atoms with van der Waals surface area (Å²) < 4.78 is 11.1. The molecule has 1 heterocycles. The summed E-state index contributed by atoms with van der Waals surface area (Å²) in [5, 5.41) is 8.01. The second kappa shape index (κ2) is 7.48. The molecule has 4 nitrogen and oxygen atoms in total. The third kappa shape index (κ3) is 3.99. The molecular weight excluding hydrogens is 288 g/mol. The molecule has 0 aliphatic rings. The Labute approximate surface area is 130 Å². The molecule has 21 heavy (non-hydrogen) atoms. The lowest BCUT2D eigenvalue weighted by Crippen LogP contribution is -2.15. The number of nitrogens with one attached hydrogen (secondary N) is 1. The van der Waals surface area contributed by atoms with Crippen molar-refractivity contribution >= 4 is 11.6 Å². The van der Waals surface area contributed by atoms with E-state index in [1.165, 1.54) is 0 Å². The number of aromatic nitrogens is 1. The van der Waals surface area contributed by atoms with E-state index in [4.69, 9.17) is 20.9 Å². The van der Waals surface area contributed by atoms with E-state index in [-0.39, 0.29) is 0 Å². The zero-order valence-electron chi connectivity index (χ0n) is 12.7. The van der Waals surface area contributed by atoms with Crippen molar-refractivity contribution in [2.24, 2.45) is 0 Å². The first-order chi connectivity index (χ1) is 10.1. The lowest BCUT2D eigenvalue weighted by atomic mass is 10.2. The van der Waals surface area contributed by atoms with E-state index in [0.717, 1.165) is 46.3 Å². The van der Waals surface area contributed by atoms with Gasteiger partial charge in [0.05, 0.1) is 11.3 Å². The van der Waals surface area contributed by atoms with Gasteiger partial charge in [0.1, 0.15) is 18.1 Å². The molecule has 5 heteroatoms. The molecule has 0 aliphatic carbocycles. The second-order valence-electron chi connectivity index (χ2n) is 4.98. The van der Waals surface area contributed by atoms with Crippen LogP contribution >= 0.6 is 11.6 Å². The number of hydrogen-bond acceptors (Lipinski definition) is 4. The summed E-state index contributed by atoms with van der Waals surface area (Å²) in [7, 11) is 0. The Kier molecular flexibility index (Phi) is 5.65. The summed E-state index contributed by atoms with van der Waals surface area (Å²) in [5.41, 5.74) is 2.84. The van der Waals surface area contributed by atoms with Crippen LogP contribution in [0.3, 0.4) is 0 Å². The number of halogens is 1. The fourth-order valence-electron chi connectivity index (χ4n) is 2.09. The van der Waals surface area contributed by atoms with Crippen molar-refractivity contribution in [1.82, 2.24) is 10.5 Å². The Hall–Kier alpha value is -1.52. The van der Waals surface area contributed by atoms with Crippen molar-refractivity contribution in [2.45, 2.75) is 40.3 Å². The predicted octanol–water partition coefficient (Wildman–Crippen LogP) is 4.02. The maximum Gasteiger partial charge on any atom is 0.140 e. The fraction of sp³-hybridized carbons (Fsp3) is 0.438. The zero-order chi connectivity index (χ0) is 15.2. The minimum Gasteiger partial charge on any atom is -0.488 e. The number of aryl methyl sites for hydroxylation is 2. The highest BCUT2D eigenvalue weighted by Crippen LogP contribution is 2.27. The van der Waals surface area contributed by atoms with Crippen LogP contribution in [0.2, 0.25) is 5.02 Å². The minimum absolute atomic E-state index is 0.433. The van der Waals surface area contributed by atoms with Gasteiger partial charge < -0.3 is 14.6 Å². The van der Waals surface area contributed by atoms with E-state index < -0.39 is 0 Å². The number of nitrogens with zero attached hydrogens (tertiary/aromatic N) is 1. The van der Waals surface area contributed by atoms with Gasteiger partial charge in [-0.25, -0.2) is 0 Å². The molecule has 0 spiro atoms. The van der Waals surface area contributed by atoms with Crippen LogP contribution in [0.25, 0.3) is 0 Å². The monoisotopic (exact) mass is 308 g/mol. The van der Waals surface area contributed by atoms with Gasteiger partial charge in [0, 0.05) is 17.1 Å². The standard InChI is InChI=1S/C16H21ClN2O2/c1-4-8-18-9-13-15(17)6-5-7-16(13)20-10-14-11(2)19-21-12(14)3/h5-7,18H,4,8-10H2,1-3H3. The third-order valence-corrected chi connectivity index (χ3v) is 3.71. The molecule has 0 atom stereocenters. The van der Waals surface area contributed by atoms with Crippen molar-refractivity contribution in [3.8, 4) is 5.75 Å². The Morgan fingerprint density at radius 3 is 2.76 bits per heavy atom. The van der Waals surface area contributed by atoms with Crippen molar-refractivity contribution in [1.29, 1.82) is 0 Å². The number of benzene rings is 1. The highest BCUT2D eigenvalue weighted by atomic mass is 35.5. The number of ether oxygens (including phenoxy) is 1. The van der Waals surface area contributed by atoms with Crippen LogP contribution in [0.4, 0.5) is 0 Å². The first-order valence-corrected chi connectivity index (χ1v) is 7.54. The Morgan fingerprint density at radius 1 is 1.29 bits per heavy atom. The van der Waals surface area contributed by atoms with E-state index in [2.05, 4.69) is 17.4 Å². The molecule has 0 aliphatic heterocycles. The highest BCUT2D eigenvalue weighted by molar-refractivity contribution is 6.31. The molecule has 1 aromatic heterocycles. The lowest BCUT2D eigenvalue weighted by Gasteiger charge is -2.13. The molecule has 0 bridgehead atoms. The molecule has 0 saturated heterocycles. The minimum atomic E-state index is 0.433. The lowest BCUT2D eigenvalue weighted by molar-refractivity contribution is 0.298. The van der Waals surface area contributed by atoms with Gasteiger partial charge in [-0.2, -0.15) is 0 Å². The van der Waals surface area contributed by atoms with E-state index >= 15 is 0 Å². The van der Waals surface area contributed by atoms with Crippen LogP contribution in [0, 0.1) is 13.8 Å². The van der Waals surface area contributed by atoms with Crippen molar-refractivity contribution in [3.63, 3.8) is 0 Å². The average Bonchev–Trinajstić information content (AvgIpc) is 2.78. The molecule has 1 aromatic carbocycles. The summed E-state index contributed by atoms with van der Waals surface area (Å²) in [6, 6.07) is 5.72. The predicted molar refractivity (Wildman–Crippen MR) is 83.8 cm³/mol. The van der Waals surface area contributed by atoms with Gasteiger partial charge in [-0.15, -0.1) is 0 Å². The zero-order valence-corrected chi connectivity index (χ0v) is 13.5. The largest absolute Gasteiger partial charge is 0.488 e. The van der Waals surface area contributed by atoms with Crippen LogP contribution in [-0.4, -0.2) is 11.7 Å². The van der Waals surface area contributed by atoms with Gasteiger partial charge in [0.15, 0.2) is 0 Å². The van der Waals surface area contributed by atoms with Crippen molar-refractivity contribution < 1.29 is 9.26 Å². The molecule has 0 unspecified atom stereocenters. The van der Waals surface area contributed by atoms with E-state index in [9.17, 15) is 0 Å². The maximum atomic E-state index is 6.28. The average molecular weight is 309 g/mol. The molecule has 2 rings (SSSR count). The van der Waals surface area contributed by atoms with Crippen LogP contribution in [-0.2, 0) is 13.2 Å². The summed E-state index contributed by atoms with van der Waals surface area (Å²) in [5.74, 6) is 1.59. The van der Waals surface area contributed by atoms with E-state index in [1.807, 2.05) is 32.0 Å². The first kappa shape index (κ1) is 15.9.